The van der Waals surface area contributed by atoms with Crippen LogP contribution in [0.15, 0.2) is 36.4 Å². The van der Waals surface area contributed by atoms with E-state index in [-0.39, 0.29) is 5.91 Å². The quantitative estimate of drug-likeness (QED) is 0.799. The van der Waals surface area contributed by atoms with E-state index >= 15 is 0 Å². The second-order valence-electron chi connectivity index (χ2n) is 4.76. The maximum absolute atomic E-state index is 12.2. The molecular formula is C16H14Cl3NO2. The van der Waals surface area contributed by atoms with E-state index < -0.39 is 6.10 Å². The van der Waals surface area contributed by atoms with Gasteiger partial charge in [-0.3, -0.25) is 4.79 Å². The average Bonchev–Trinajstić information content (AvgIpc) is 2.45. The number of rotatable bonds is 4. The van der Waals surface area contributed by atoms with Crippen molar-refractivity contribution in [2.24, 2.45) is 0 Å². The molecule has 0 spiro atoms. The zero-order valence-electron chi connectivity index (χ0n) is 12.0. The molecule has 0 aromatic heterocycles. The number of aryl methyl sites for hydroxylation is 1. The van der Waals surface area contributed by atoms with Crippen molar-refractivity contribution in [3.05, 3.63) is 57.0 Å². The molecule has 22 heavy (non-hydrogen) atoms. The van der Waals surface area contributed by atoms with Gasteiger partial charge in [0.1, 0.15) is 5.75 Å². The molecule has 116 valence electrons. The summed E-state index contributed by atoms with van der Waals surface area (Å²) >= 11 is 17.9. The zero-order valence-corrected chi connectivity index (χ0v) is 14.3. The molecule has 0 aliphatic carbocycles. The van der Waals surface area contributed by atoms with Gasteiger partial charge >= 0.3 is 0 Å². The van der Waals surface area contributed by atoms with E-state index in [1.807, 2.05) is 6.92 Å². The molecule has 2 aromatic rings. The Bertz CT molecular complexity index is 684. The van der Waals surface area contributed by atoms with Crippen molar-refractivity contribution in [2.45, 2.75) is 20.0 Å². The van der Waals surface area contributed by atoms with Gasteiger partial charge in [0.2, 0.25) is 0 Å². The van der Waals surface area contributed by atoms with Gasteiger partial charge in [0, 0.05) is 5.02 Å². The summed E-state index contributed by atoms with van der Waals surface area (Å²) in [5.41, 5.74) is 1.22. The van der Waals surface area contributed by atoms with Crippen molar-refractivity contribution in [2.75, 3.05) is 5.32 Å². The summed E-state index contributed by atoms with van der Waals surface area (Å²) in [4.78, 5) is 12.2. The summed E-state index contributed by atoms with van der Waals surface area (Å²) in [6.07, 6.45) is -0.716. The van der Waals surface area contributed by atoms with Gasteiger partial charge in [-0.1, -0.05) is 40.9 Å². The van der Waals surface area contributed by atoms with E-state index in [9.17, 15) is 4.79 Å². The molecule has 0 aliphatic rings. The second kappa shape index (κ2) is 7.23. The van der Waals surface area contributed by atoms with Crippen LogP contribution in [-0.4, -0.2) is 12.0 Å². The smallest absolute Gasteiger partial charge is 0.265 e. The minimum atomic E-state index is -0.716. The highest BCUT2D eigenvalue weighted by molar-refractivity contribution is 6.39. The van der Waals surface area contributed by atoms with Crippen LogP contribution >= 0.6 is 34.8 Å². The van der Waals surface area contributed by atoms with Crippen LogP contribution < -0.4 is 10.1 Å². The molecule has 1 amide bonds. The number of nitrogens with one attached hydrogen (secondary N) is 1. The number of halogens is 3. The van der Waals surface area contributed by atoms with Gasteiger partial charge in [0.15, 0.2) is 6.10 Å². The first-order chi connectivity index (χ1) is 10.4. The molecule has 1 atom stereocenters. The molecule has 2 rings (SSSR count). The predicted molar refractivity (Wildman–Crippen MR) is 91.4 cm³/mol. The highest BCUT2D eigenvalue weighted by Crippen LogP contribution is 2.30. The van der Waals surface area contributed by atoms with Gasteiger partial charge < -0.3 is 10.1 Å². The van der Waals surface area contributed by atoms with Crippen molar-refractivity contribution < 1.29 is 9.53 Å². The number of hydrogen-bond donors (Lipinski definition) is 1. The van der Waals surface area contributed by atoms with Crippen molar-refractivity contribution >= 4 is 46.4 Å². The maximum Gasteiger partial charge on any atom is 0.265 e. The first-order valence-electron chi connectivity index (χ1n) is 6.56. The van der Waals surface area contributed by atoms with Crippen molar-refractivity contribution in [1.82, 2.24) is 0 Å². The second-order valence-corrected chi connectivity index (χ2v) is 6.01. The lowest BCUT2D eigenvalue weighted by Crippen LogP contribution is -2.30. The van der Waals surface area contributed by atoms with E-state index in [1.54, 1.807) is 43.3 Å². The van der Waals surface area contributed by atoms with E-state index in [0.29, 0.717) is 26.5 Å². The Kier molecular flexibility index (Phi) is 5.57. The Labute approximate surface area is 144 Å². The number of anilines is 1. The number of para-hydroxylation sites is 1. The number of ether oxygens (including phenoxy) is 1. The summed E-state index contributed by atoms with van der Waals surface area (Å²) in [5.74, 6) is 0.252. The molecule has 1 unspecified atom stereocenters. The fourth-order valence-electron chi connectivity index (χ4n) is 1.83. The molecule has 0 saturated carbocycles. The average molecular weight is 359 g/mol. The highest BCUT2D eigenvalue weighted by Gasteiger charge is 2.18. The lowest BCUT2D eigenvalue weighted by Gasteiger charge is -2.17. The molecule has 6 heteroatoms. The summed E-state index contributed by atoms with van der Waals surface area (Å²) < 4.78 is 5.66. The number of carbonyl (C=O) groups excluding carboxylic acids is 1. The lowest BCUT2D eigenvalue weighted by atomic mass is 10.2. The summed E-state index contributed by atoms with van der Waals surface area (Å²) in [5, 5.41) is 4.03. The molecule has 2 aromatic carbocycles. The maximum atomic E-state index is 12.2. The standard InChI is InChI=1S/C16H14Cl3NO2/c1-9-8-11(17)6-7-14(9)22-10(2)16(21)20-15-12(18)4-3-5-13(15)19/h3-8,10H,1-2H3,(H,20,21). The van der Waals surface area contributed by atoms with Crippen molar-refractivity contribution in [1.29, 1.82) is 0 Å². The third-order valence-electron chi connectivity index (χ3n) is 3.02. The molecule has 0 fully saturated rings. The number of carbonyl (C=O) groups is 1. The van der Waals surface area contributed by atoms with Gasteiger partial charge in [-0.15, -0.1) is 0 Å². The topological polar surface area (TPSA) is 38.3 Å². The Morgan fingerprint density at radius 2 is 1.77 bits per heavy atom. The van der Waals surface area contributed by atoms with Crippen molar-refractivity contribution in [3.8, 4) is 5.75 Å². The zero-order chi connectivity index (χ0) is 16.3. The third kappa shape index (κ3) is 4.07. The summed E-state index contributed by atoms with van der Waals surface area (Å²) in [6.45, 7) is 3.50. The summed E-state index contributed by atoms with van der Waals surface area (Å²) in [7, 11) is 0. The molecule has 0 heterocycles. The summed E-state index contributed by atoms with van der Waals surface area (Å²) in [6, 6.07) is 10.2. The Morgan fingerprint density at radius 1 is 1.14 bits per heavy atom. The number of hydrogen-bond acceptors (Lipinski definition) is 2. The molecule has 0 saturated heterocycles. The minimum absolute atomic E-state index is 0.343. The monoisotopic (exact) mass is 357 g/mol. The Balaban J connectivity index is 2.09. The van der Waals surface area contributed by atoms with Crippen LogP contribution in [0.4, 0.5) is 5.69 Å². The van der Waals surface area contributed by atoms with E-state index in [2.05, 4.69) is 5.32 Å². The van der Waals surface area contributed by atoms with Crippen LogP contribution in [-0.2, 0) is 4.79 Å². The van der Waals surface area contributed by atoms with Crippen molar-refractivity contribution in [3.63, 3.8) is 0 Å². The highest BCUT2D eigenvalue weighted by atomic mass is 35.5. The Hall–Kier alpha value is -1.42. The Morgan fingerprint density at radius 3 is 2.36 bits per heavy atom. The van der Waals surface area contributed by atoms with E-state index in [4.69, 9.17) is 39.5 Å². The molecule has 3 nitrogen and oxygen atoms in total. The first-order valence-corrected chi connectivity index (χ1v) is 7.69. The number of amides is 1. The fraction of sp³-hybridized carbons (Fsp3) is 0.188. The van der Waals surface area contributed by atoms with Crippen LogP contribution in [0.1, 0.15) is 12.5 Å². The van der Waals surface area contributed by atoms with Crippen LogP contribution in [0, 0.1) is 6.92 Å². The van der Waals surface area contributed by atoms with Crippen LogP contribution in [0.5, 0.6) is 5.75 Å². The SMILES string of the molecule is Cc1cc(Cl)ccc1OC(C)C(=O)Nc1c(Cl)cccc1Cl. The normalized spacial score (nSPS) is 11.9. The fourth-order valence-corrected chi connectivity index (χ4v) is 2.55. The molecule has 1 N–H and O–H groups in total. The van der Waals surface area contributed by atoms with Crippen LogP contribution in [0.3, 0.4) is 0 Å². The lowest BCUT2D eigenvalue weighted by molar-refractivity contribution is -0.122. The molecule has 0 radical (unpaired) electrons. The third-order valence-corrected chi connectivity index (χ3v) is 3.89. The van der Waals surface area contributed by atoms with Crippen LogP contribution in [0.25, 0.3) is 0 Å². The predicted octanol–water partition coefficient (Wildman–Crippen LogP) is 5.36. The largest absolute Gasteiger partial charge is 0.481 e. The first kappa shape index (κ1) is 16.9. The van der Waals surface area contributed by atoms with Gasteiger partial charge in [0.25, 0.3) is 5.91 Å². The minimum Gasteiger partial charge on any atom is -0.481 e. The van der Waals surface area contributed by atoms with Gasteiger partial charge in [-0.25, -0.2) is 0 Å². The van der Waals surface area contributed by atoms with Crippen LogP contribution in [0.2, 0.25) is 15.1 Å². The van der Waals surface area contributed by atoms with E-state index in [1.165, 1.54) is 0 Å². The van der Waals surface area contributed by atoms with Gasteiger partial charge in [-0.05, 0) is 49.7 Å². The molecule has 0 bridgehead atoms. The van der Waals surface area contributed by atoms with Gasteiger partial charge in [0.05, 0.1) is 15.7 Å². The van der Waals surface area contributed by atoms with E-state index in [0.717, 1.165) is 5.56 Å². The molecular weight excluding hydrogens is 345 g/mol. The molecule has 0 aliphatic heterocycles. The van der Waals surface area contributed by atoms with Gasteiger partial charge in [-0.2, -0.15) is 0 Å². The number of benzene rings is 2.